The quantitative estimate of drug-likeness (QED) is 0.594. The van der Waals surface area contributed by atoms with Crippen molar-refractivity contribution >= 4 is 11.7 Å². The summed E-state index contributed by atoms with van der Waals surface area (Å²) < 4.78 is 17.8. The molecule has 5 heteroatoms. The predicted molar refractivity (Wildman–Crippen MR) is 35.1 cm³/mol. The van der Waals surface area contributed by atoms with Gasteiger partial charge in [0.05, 0.1) is 18.3 Å². The highest BCUT2D eigenvalue weighted by molar-refractivity contribution is 6.99. The number of hydrogen-bond acceptors (Lipinski definition) is 5. The van der Waals surface area contributed by atoms with Crippen LogP contribution in [0.4, 0.5) is 0 Å². The van der Waals surface area contributed by atoms with Gasteiger partial charge in [0, 0.05) is 0 Å². The third-order valence-electron chi connectivity index (χ3n) is 1.16. The maximum atomic E-state index is 5.18. The van der Waals surface area contributed by atoms with Gasteiger partial charge in [-0.2, -0.15) is 4.37 Å². The largest absolute Gasteiger partial charge is 0.473 e. The first kappa shape index (κ1) is 6.06. The van der Waals surface area contributed by atoms with Crippen molar-refractivity contribution in [3.63, 3.8) is 0 Å². The fraction of sp³-hybridized carbons (Fsp3) is 0.600. The number of aromatic nitrogens is 2. The minimum atomic E-state index is 0.293. The molecule has 0 aromatic carbocycles. The zero-order valence-corrected chi connectivity index (χ0v) is 6.00. The Bertz CT molecular complexity index is 197. The van der Waals surface area contributed by atoms with Gasteiger partial charge in [0.25, 0.3) is 0 Å². The van der Waals surface area contributed by atoms with Crippen LogP contribution in [0.3, 0.4) is 0 Å². The van der Waals surface area contributed by atoms with E-state index < -0.39 is 0 Å². The van der Waals surface area contributed by atoms with Gasteiger partial charge in [-0.05, 0) is 0 Å². The summed E-state index contributed by atoms with van der Waals surface area (Å²) in [6.45, 7) is 1.42. The highest BCUT2D eigenvalue weighted by Gasteiger charge is 2.23. The molecule has 0 amide bonds. The van der Waals surface area contributed by atoms with Gasteiger partial charge in [-0.25, -0.2) is 0 Å². The smallest absolute Gasteiger partial charge is 0.245 e. The molecule has 1 fully saturated rings. The van der Waals surface area contributed by atoms with Gasteiger partial charge in [0.2, 0.25) is 5.88 Å². The molecule has 4 nitrogen and oxygen atoms in total. The summed E-state index contributed by atoms with van der Waals surface area (Å²) >= 11 is 1.15. The van der Waals surface area contributed by atoms with Crippen molar-refractivity contribution < 1.29 is 9.47 Å². The SMILES string of the molecule is c1nsnc1OCC1CO1. The van der Waals surface area contributed by atoms with Gasteiger partial charge in [-0.15, -0.1) is 4.37 Å². The third kappa shape index (κ3) is 1.43. The zero-order valence-electron chi connectivity index (χ0n) is 5.19. The Hall–Kier alpha value is -0.680. The zero-order chi connectivity index (χ0) is 6.81. The molecule has 0 radical (unpaired) electrons. The van der Waals surface area contributed by atoms with Crippen molar-refractivity contribution in [3.05, 3.63) is 6.20 Å². The first-order valence-electron chi connectivity index (χ1n) is 2.97. The van der Waals surface area contributed by atoms with Crippen LogP contribution in [-0.4, -0.2) is 28.1 Å². The van der Waals surface area contributed by atoms with Gasteiger partial charge in [0.15, 0.2) is 0 Å². The topological polar surface area (TPSA) is 47.5 Å². The van der Waals surface area contributed by atoms with E-state index in [-0.39, 0.29) is 0 Å². The van der Waals surface area contributed by atoms with E-state index in [1.165, 1.54) is 0 Å². The van der Waals surface area contributed by atoms with Crippen LogP contribution in [0.5, 0.6) is 5.88 Å². The molecule has 1 unspecified atom stereocenters. The highest BCUT2D eigenvalue weighted by Crippen LogP contribution is 2.11. The van der Waals surface area contributed by atoms with Gasteiger partial charge >= 0.3 is 0 Å². The van der Waals surface area contributed by atoms with E-state index >= 15 is 0 Å². The number of nitrogens with zero attached hydrogens (tertiary/aromatic N) is 2. The Morgan fingerprint density at radius 1 is 1.90 bits per heavy atom. The molecule has 54 valence electrons. The fourth-order valence-electron chi connectivity index (χ4n) is 0.562. The molecule has 0 saturated carbocycles. The summed E-state index contributed by atoms with van der Waals surface area (Å²) in [5.74, 6) is 0.598. The summed E-state index contributed by atoms with van der Waals surface area (Å²) in [5.41, 5.74) is 0. The van der Waals surface area contributed by atoms with Crippen LogP contribution >= 0.6 is 11.7 Å². The van der Waals surface area contributed by atoms with E-state index in [2.05, 4.69) is 8.75 Å². The van der Waals surface area contributed by atoms with E-state index in [1.807, 2.05) is 0 Å². The van der Waals surface area contributed by atoms with Gasteiger partial charge < -0.3 is 9.47 Å². The molecular formula is C5H6N2O2S. The first-order valence-corrected chi connectivity index (χ1v) is 3.70. The average Bonchev–Trinajstić information content (AvgIpc) is 2.63. The normalized spacial score (nSPS) is 22.6. The lowest BCUT2D eigenvalue weighted by molar-refractivity contribution is 0.257. The molecular weight excluding hydrogens is 152 g/mol. The lowest BCUT2D eigenvalue weighted by Gasteiger charge is -1.95. The lowest BCUT2D eigenvalue weighted by atomic mass is 10.5. The number of ether oxygens (including phenoxy) is 2. The second-order valence-electron chi connectivity index (χ2n) is 2.01. The highest BCUT2D eigenvalue weighted by atomic mass is 32.1. The number of rotatable bonds is 3. The van der Waals surface area contributed by atoms with Gasteiger partial charge in [-0.1, -0.05) is 0 Å². The third-order valence-corrected chi connectivity index (χ3v) is 1.62. The molecule has 10 heavy (non-hydrogen) atoms. The van der Waals surface area contributed by atoms with E-state index in [9.17, 15) is 0 Å². The van der Waals surface area contributed by atoms with Crippen LogP contribution in [0.2, 0.25) is 0 Å². The standard InChI is InChI=1S/C5H6N2O2S/c1-5(7-10-6-1)9-3-4-2-8-4/h1,4H,2-3H2. The Morgan fingerprint density at radius 3 is 3.40 bits per heavy atom. The van der Waals surface area contributed by atoms with Crippen LogP contribution < -0.4 is 4.74 Å². The van der Waals surface area contributed by atoms with Crippen LogP contribution in [0.1, 0.15) is 0 Å². The van der Waals surface area contributed by atoms with Crippen molar-refractivity contribution in [3.8, 4) is 5.88 Å². The van der Waals surface area contributed by atoms with E-state index in [4.69, 9.17) is 9.47 Å². The van der Waals surface area contributed by atoms with Crippen LogP contribution in [-0.2, 0) is 4.74 Å². The summed E-state index contributed by atoms with van der Waals surface area (Å²) in [6.07, 6.45) is 1.90. The van der Waals surface area contributed by atoms with Crippen molar-refractivity contribution in [1.29, 1.82) is 0 Å². The molecule has 1 aliphatic rings. The van der Waals surface area contributed by atoms with Crippen LogP contribution in [0.25, 0.3) is 0 Å². The Balaban J connectivity index is 1.79. The molecule has 2 rings (SSSR count). The summed E-state index contributed by atoms with van der Waals surface area (Å²) in [7, 11) is 0. The van der Waals surface area contributed by atoms with Crippen LogP contribution in [0.15, 0.2) is 6.20 Å². The Kier molecular flexibility index (Phi) is 1.52. The fourth-order valence-corrected chi connectivity index (χ4v) is 0.927. The lowest BCUT2D eigenvalue weighted by Crippen LogP contribution is -2.03. The number of hydrogen-bond donors (Lipinski definition) is 0. The predicted octanol–water partition coefficient (Wildman–Crippen LogP) is 0.316. The van der Waals surface area contributed by atoms with E-state index in [0.717, 1.165) is 18.3 Å². The Labute approximate surface area is 62.1 Å². The minimum Gasteiger partial charge on any atom is -0.473 e. The maximum absolute atomic E-state index is 5.18. The monoisotopic (exact) mass is 158 g/mol. The molecule has 0 aliphatic carbocycles. The molecule has 1 saturated heterocycles. The molecule has 0 N–H and O–H groups in total. The van der Waals surface area contributed by atoms with Crippen molar-refractivity contribution in [2.24, 2.45) is 0 Å². The van der Waals surface area contributed by atoms with E-state index in [0.29, 0.717) is 18.6 Å². The van der Waals surface area contributed by atoms with Crippen molar-refractivity contribution in [2.45, 2.75) is 6.10 Å². The minimum absolute atomic E-state index is 0.293. The average molecular weight is 158 g/mol. The second-order valence-corrected chi connectivity index (χ2v) is 2.57. The number of epoxide rings is 1. The molecule has 0 spiro atoms. The molecule has 1 aromatic rings. The van der Waals surface area contributed by atoms with E-state index in [1.54, 1.807) is 6.20 Å². The summed E-state index contributed by atoms with van der Waals surface area (Å²) in [4.78, 5) is 0. The van der Waals surface area contributed by atoms with Gasteiger partial charge in [-0.3, -0.25) is 0 Å². The molecule has 2 heterocycles. The Morgan fingerprint density at radius 2 is 2.80 bits per heavy atom. The summed E-state index contributed by atoms with van der Waals surface area (Å²) in [5, 5.41) is 0. The van der Waals surface area contributed by atoms with Crippen molar-refractivity contribution in [2.75, 3.05) is 13.2 Å². The molecule has 1 atom stereocenters. The van der Waals surface area contributed by atoms with Gasteiger partial charge in [0.1, 0.15) is 18.9 Å². The molecule has 1 aromatic heterocycles. The summed E-state index contributed by atoms with van der Waals surface area (Å²) in [6, 6.07) is 0. The molecule has 1 aliphatic heterocycles. The van der Waals surface area contributed by atoms with Crippen molar-refractivity contribution in [1.82, 2.24) is 8.75 Å². The maximum Gasteiger partial charge on any atom is 0.245 e. The van der Waals surface area contributed by atoms with Crippen LogP contribution in [0, 0.1) is 0 Å². The second kappa shape index (κ2) is 2.51. The first-order chi connectivity index (χ1) is 4.95. The molecule has 0 bridgehead atoms.